The molecular formula is C12H16BrNO. The Labute approximate surface area is 99.6 Å². The summed E-state index contributed by atoms with van der Waals surface area (Å²) in [5.41, 5.74) is 0. The van der Waals surface area contributed by atoms with Gasteiger partial charge in [-0.05, 0) is 35.3 Å². The highest BCUT2D eigenvalue weighted by Crippen LogP contribution is 2.24. The van der Waals surface area contributed by atoms with Crippen molar-refractivity contribution in [2.24, 2.45) is 0 Å². The fourth-order valence-electron chi connectivity index (χ4n) is 1.51. The van der Waals surface area contributed by atoms with Crippen molar-refractivity contribution in [3.8, 4) is 12.3 Å². The summed E-state index contributed by atoms with van der Waals surface area (Å²) in [5, 5.41) is 3.44. The molecule has 0 spiro atoms. The van der Waals surface area contributed by atoms with Crippen LogP contribution in [0.3, 0.4) is 0 Å². The first-order valence-corrected chi connectivity index (χ1v) is 5.90. The molecule has 15 heavy (non-hydrogen) atoms. The zero-order valence-electron chi connectivity index (χ0n) is 9.09. The second kappa shape index (κ2) is 5.99. The molecule has 3 heteroatoms. The smallest absolute Gasteiger partial charge is 0.134 e. The van der Waals surface area contributed by atoms with Gasteiger partial charge in [-0.3, -0.25) is 0 Å². The quantitative estimate of drug-likeness (QED) is 0.828. The minimum atomic E-state index is 0.174. The molecule has 0 saturated carbocycles. The molecule has 1 aromatic heterocycles. The number of halogens is 1. The van der Waals surface area contributed by atoms with Gasteiger partial charge < -0.3 is 9.73 Å². The molecule has 0 aliphatic rings. The zero-order valence-corrected chi connectivity index (χ0v) is 10.7. The molecule has 2 atom stereocenters. The monoisotopic (exact) mass is 269 g/mol. The molecule has 0 aliphatic carbocycles. The van der Waals surface area contributed by atoms with E-state index in [-0.39, 0.29) is 6.04 Å². The first-order valence-electron chi connectivity index (χ1n) is 5.11. The van der Waals surface area contributed by atoms with Crippen LogP contribution in [0, 0.1) is 12.3 Å². The van der Waals surface area contributed by atoms with Crippen LogP contribution in [-0.2, 0) is 0 Å². The summed E-state index contributed by atoms with van der Waals surface area (Å²) in [5.74, 6) is 3.60. The number of hydrogen-bond donors (Lipinski definition) is 1. The average molecular weight is 270 g/mol. The highest BCUT2D eigenvalue weighted by Gasteiger charge is 2.15. The minimum absolute atomic E-state index is 0.174. The van der Waals surface area contributed by atoms with E-state index in [0.29, 0.717) is 6.04 Å². The molecule has 1 rings (SSSR count). The van der Waals surface area contributed by atoms with Crippen molar-refractivity contribution in [3.63, 3.8) is 0 Å². The van der Waals surface area contributed by atoms with Crippen molar-refractivity contribution in [2.75, 3.05) is 0 Å². The lowest BCUT2D eigenvalue weighted by atomic mass is 10.1. The van der Waals surface area contributed by atoms with E-state index in [1.807, 2.05) is 6.07 Å². The largest absolute Gasteiger partial charge is 0.466 e. The summed E-state index contributed by atoms with van der Waals surface area (Å²) in [6.07, 6.45) is 8.76. The standard InChI is InChI=1S/C12H16BrNO/c1-4-6-10(5-2)14-9(3)12-11(13)7-8-15-12/h1,7-10,14H,5-6H2,2-3H3. The predicted octanol–water partition coefficient (Wildman–Crippen LogP) is 3.49. The molecule has 2 nitrogen and oxygen atoms in total. The summed E-state index contributed by atoms with van der Waals surface area (Å²) >= 11 is 3.44. The lowest BCUT2D eigenvalue weighted by Gasteiger charge is -2.19. The Morgan fingerprint density at radius 1 is 1.67 bits per heavy atom. The Balaban J connectivity index is 2.59. The number of terminal acetylenes is 1. The fourth-order valence-corrected chi connectivity index (χ4v) is 2.05. The normalized spacial score (nSPS) is 14.5. The van der Waals surface area contributed by atoms with Crippen LogP contribution in [0.4, 0.5) is 0 Å². The van der Waals surface area contributed by atoms with Crippen LogP contribution >= 0.6 is 15.9 Å². The van der Waals surface area contributed by atoms with E-state index >= 15 is 0 Å². The third-order valence-electron chi connectivity index (χ3n) is 2.38. The van der Waals surface area contributed by atoms with E-state index < -0.39 is 0 Å². The maximum Gasteiger partial charge on any atom is 0.134 e. The minimum Gasteiger partial charge on any atom is -0.466 e. The zero-order chi connectivity index (χ0) is 11.3. The Hall–Kier alpha value is -0.720. The molecular weight excluding hydrogens is 254 g/mol. The molecule has 0 bridgehead atoms. The molecule has 0 aliphatic heterocycles. The van der Waals surface area contributed by atoms with Crippen molar-refractivity contribution in [1.29, 1.82) is 0 Å². The van der Waals surface area contributed by atoms with Gasteiger partial charge in [-0.25, -0.2) is 0 Å². The van der Waals surface area contributed by atoms with Gasteiger partial charge in [0.2, 0.25) is 0 Å². The second-order valence-corrected chi connectivity index (χ2v) is 4.39. The maximum absolute atomic E-state index is 5.39. The Kier molecular flexibility index (Phi) is 4.93. The van der Waals surface area contributed by atoms with Gasteiger partial charge in [-0.15, -0.1) is 12.3 Å². The van der Waals surface area contributed by atoms with Crippen LogP contribution in [0.5, 0.6) is 0 Å². The number of rotatable bonds is 5. The van der Waals surface area contributed by atoms with Gasteiger partial charge in [0.1, 0.15) is 5.76 Å². The molecule has 0 radical (unpaired) electrons. The molecule has 0 fully saturated rings. The van der Waals surface area contributed by atoms with Gasteiger partial charge in [0.15, 0.2) is 0 Å². The topological polar surface area (TPSA) is 25.2 Å². The molecule has 1 N–H and O–H groups in total. The highest BCUT2D eigenvalue weighted by atomic mass is 79.9. The van der Waals surface area contributed by atoms with Crippen LogP contribution in [0.2, 0.25) is 0 Å². The summed E-state index contributed by atoms with van der Waals surface area (Å²) < 4.78 is 6.39. The molecule has 82 valence electrons. The van der Waals surface area contributed by atoms with E-state index in [4.69, 9.17) is 10.8 Å². The SMILES string of the molecule is C#CCC(CC)NC(C)c1occc1Br. The Morgan fingerprint density at radius 2 is 2.40 bits per heavy atom. The fraction of sp³-hybridized carbons (Fsp3) is 0.500. The molecule has 2 unspecified atom stereocenters. The van der Waals surface area contributed by atoms with Gasteiger partial charge in [-0.2, -0.15) is 0 Å². The van der Waals surface area contributed by atoms with E-state index in [0.717, 1.165) is 23.1 Å². The molecule has 0 amide bonds. The second-order valence-electron chi connectivity index (χ2n) is 3.53. The summed E-state index contributed by atoms with van der Waals surface area (Å²) in [4.78, 5) is 0. The van der Waals surface area contributed by atoms with Crippen LogP contribution in [0.25, 0.3) is 0 Å². The third-order valence-corrected chi connectivity index (χ3v) is 3.04. The van der Waals surface area contributed by atoms with Gasteiger partial charge in [0, 0.05) is 12.5 Å². The van der Waals surface area contributed by atoms with Crippen LogP contribution in [0.15, 0.2) is 21.2 Å². The van der Waals surface area contributed by atoms with Crippen molar-refractivity contribution in [3.05, 3.63) is 22.6 Å². The van der Waals surface area contributed by atoms with Gasteiger partial charge in [0.05, 0.1) is 16.8 Å². The highest BCUT2D eigenvalue weighted by molar-refractivity contribution is 9.10. The van der Waals surface area contributed by atoms with Crippen molar-refractivity contribution in [2.45, 2.75) is 38.8 Å². The van der Waals surface area contributed by atoms with Gasteiger partial charge in [-0.1, -0.05) is 6.92 Å². The molecule has 0 aromatic carbocycles. The molecule has 1 heterocycles. The van der Waals surface area contributed by atoms with Crippen molar-refractivity contribution in [1.82, 2.24) is 5.32 Å². The van der Waals surface area contributed by atoms with E-state index in [1.54, 1.807) is 6.26 Å². The third kappa shape index (κ3) is 3.40. The van der Waals surface area contributed by atoms with Crippen LogP contribution < -0.4 is 5.32 Å². The first-order chi connectivity index (χ1) is 7.19. The van der Waals surface area contributed by atoms with Crippen molar-refractivity contribution < 1.29 is 4.42 Å². The van der Waals surface area contributed by atoms with Crippen LogP contribution in [0.1, 0.15) is 38.5 Å². The Morgan fingerprint density at radius 3 is 2.87 bits per heavy atom. The maximum atomic E-state index is 5.39. The lowest BCUT2D eigenvalue weighted by Crippen LogP contribution is -2.30. The van der Waals surface area contributed by atoms with E-state index in [2.05, 4.69) is 41.0 Å². The Bertz CT molecular complexity index is 340. The van der Waals surface area contributed by atoms with Crippen molar-refractivity contribution >= 4 is 15.9 Å². The summed E-state index contributed by atoms with van der Waals surface area (Å²) in [7, 11) is 0. The first kappa shape index (κ1) is 12.4. The molecule has 0 saturated heterocycles. The van der Waals surface area contributed by atoms with Crippen LogP contribution in [-0.4, -0.2) is 6.04 Å². The number of nitrogens with one attached hydrogen (secondary N) is 1. The summed E-state index contributed by atoms with van der Waals surface area (Å²) in [6.45, 7) is 4.20. The lowest BCUT2D eigenvalue weighted by molar-refractivity contribution is 0.382. The van der Waals surface area contributed by atoms with Gasteiger partial charge >= 0.3 is 0 Å². The summed E-state index contributed by atoms with van der Waals surface area (Å²) in [6, 6.07) is 2.42. The van der Waals surface area contributed by atoms with Gasteiger partial charge in [0.25, 0.3) is 0 Å². The van der Waals surface area contributed by atoms with E-state index in [9.17, 15) is 0 Å². The number of furan rings is 1. The predicted molar refractivity (Wildman–Crippen MR) is 65.5 cm³/mol. The van der Waals surface area contributed by atoms with E-state index in [1.165, 1.54) is 0 Å². The average Bonchev–Trinajstić information content (AvgIpc) is 2.63. The number of hydrogen-bond acceptors (Lipinski definition) is 2. The molecule has 1 aromatic rings.